The molecule has 0 saturated carbocycles. The molecule has 0 fully saturated rings. The van der Waals surface area contributed by atoms with Crippen LogP contribution in [-0.4, -0.2) is 17.3 Å². The highest BCUT2D eigenvalue weighted by Crippen LogP contribution is 2.34. The van der Waals surface area contributed by atoms with Gasteiger partial charge in [0.25, 0.3) is 5.91 Å². The molecule has 0 saturated heterocycles. The summed E-state index contributed by atoms with van der Waals surface area (Å²) in [6.45, 7) is 1.59. The lowest BCUT2D eigenvalue weighted by Crippen LogP contribution is -2.11. The molecule has 1 aromatic heterocycles. The Morgan fingerprint density at radius 3 is 2.33 bits per heavy atom. The van der Waals surface area contributed by atoms with Gasteiger partial charge in [-0.1, -0.05) is 0 Å². The minimum absolute atomic E-state index is 0.00386. The Bertz CT molecular complexity index is 996. The maximum Gasteiger partial charge on any atom is 0.257 e. The van der Waals surface area contributed by atoms with Crippen LogP contribution in [0.4, 0.5) is 24.0 Å². The van der Waals surface area contributed by atoms with E-state index in [2.05, 4.69) is 15.6 Å². The third-order valence-electron chi connectivity index (χ3n) is 3.63. The van der Waals surface area contributed by atoms with Gasteiger partial charge in [0, 0.05) is 28.3 Å². The van der Waals surface area contributed by atoms with Gasteiger partial charge in [-0.2, -0.15) is 0 Å². The molecule has 0 spiro atoms. The molecule has 27 heavy (non-hydrogen) atoms. The molecule has 0 aliphatic heterocycles. The molecule has 2 amide bonds. The minimum atomic E-state index is -1.07. The Morgan fingerprint density at radius 1 is 1.11 bits per heavy atom. The topological polar surface area (TPSA) is 71.1 Å². The number of carbonyl (C=O) groups excluding carboxylic acids is 2. The van der Waals surface area contributed by atoms with E-state index in [1.807, 2.05) is 0 Å². The maximum atomic E-state index is 14.0. The van der Waals surface area contributed by atoms with Gasteiger partial charge >= 0.3 is 0 Å². The van der Waals surface area contributed by atoms with Crippen LogP contribution in [0.2, 0.25) is 0 Å². The minimum Gasteiger partial charge on any atom is -0.329 e. The largest absolute Gasteiger partial charge is 0.329 e. The van der Waals surface area contributed by atoms with Crippen molar-refractivity contribution in [1.29, 1.82) is 0 Å². The van der Waals surface area contributed by atoms with Crippen molar-refractivity contribution in [3.63, 3.8) is 0 Å². The van der Waals surface area contributed by atoms with Crippen molar-refractivity contribution in [2.45, 2.75) is 6.92 Å². The van der Waals surface area contributed by atoms with Crippen molar-refractivity contribution >= 4 is 34.5 Å². The van der Waals surface area contributed by atoms with Crippen LogP contribution in [0.5, 0.6) is 0 Å². The fourth-order valence-corrected chi connectivity index (χ4v) is 3.22. The van der Waals surface area contributed by atoms with Gasteiger partial charge in [-0.25, -0.2) is 18.2 Å². The maximum absolute atomic E-state index is 14.0. The van der Waals surface area contributed by atoms with Crippen LogP contribution in [0.15, 0.2) is 36.4 Å². The molecule has 138 valence electrons. The Kier molecular flexibility index (Phi) is 5.22. The van der Waals surface area contributed by atoms with E-state index in [0.29, 0.717) is 34.7 Å². The third kappa shape index (κ3) is 3.98. The first kappa shape index (κ1) is 18.6. The molecule has 1 heterocycles. The number of hydrogen-bond donors (Lipinski definition) is 2. The molecular formula is C18H12F3N3O2S. The zero-order chi connectivity index (χ0) is 19.6. The van der Waals surface area contributed by atoms with Crippen molar-refractivity contribution in [3.05, 3.63) is 64.3 Å². The van der Waals surface area contributed by atoms with Crippen LogP contribution in [0.25, 0.3) is 11.3 Å². The molecule has 0 bridgehead atoms. The predicted molar refractivity (Wildman–Crippen MR) is 96.2 cm³/mol. The number of benzene rings is 2. The molecule has 5 nitrogen and oxygen atoms in total. The smallest absolute Gasteiger partial charge is 0.257 e. The highest BCUT2D eigenvalue weighted by molar-refractivity contribution is 7.16. The summed E-state index contributed by atoms with van der Waals surface area (Å²) in [5.41, 5.74) is 0.377. The Labute approximate surface area is 155 Å². The Balaban J connectivity index is 1.84. The summed E-state index contributed by atoms with van der Waals surface area (Å²) in [5, 5.41) is 5.14. The van der Waals surface area contributed by atoms with Crippen LogP contribution in [0.3, 0.4) is 0 Å². The predicted octanol–water partition coefficient (Wildman–Crippen LogP) is 4.36. The van der Waals surface area contributed by atoms with Crippen molar-refractivity contribution in [2.24, 2.45) is 0 Å². The van der Waals surface area contributed by atoms with E-state index < -0.39 is 28.9 Å². The number of amides is 2. The number of nitrogens with one attached hydrogen (secondary N) is 2. The first-order valence-electron chi connectivity index (χ1n) is 7.63. The zero-order valence-corrected chi connectivity index (χ0v) is 14.7. The summed E-state index contributed by atoms with van der Waals surface area (Å²) in [6, 6.07) is 7.24. The molecule has 0 unspecified atom stereocenters. The highest BCUT2D eigenvalue weighted by atomic mass is 32.1. The molecule has 2 aromatic carbocycles. The number of aryl methyl sites for hydroxylation is 1. The quantitative estimate of drug-likeness (QED) is 0.635. The number of rotatable bonds is 5. The van der Waals surface area contributed by atoms with Crippen LogP contribution in [-0.2, 0) is 4.79 Å². The van der Waals surface area contributed by atoms with E-state index in [4.69, 9.17) is 0 Å². The number of thiazole rings is 1. The second-order valence-electron chi connectivity index (χ2n) is 5.46. The molecule has 3 aromatic rings. The molecule has 0 aliphatic rings. The van der Waals surface area contributed by atoms with Crippen LogP contribution < -0.4 is 10.6 Å². The Morgan fingerprint density at radius 2 is 1.74 bits per heavy atom. The summed E-state index contributed by atoms with van der Waals surface area (Å²) in [7, 11) is 0. The number of aromatic nitrogens is 1. The van der Waals surface area contributed by atoms with E-state index in [1.54, 1.807) is 19.1 Å². The lowest BCUT2D eigenvalue weighted by molar-refractivity contribution is -0.105. The van der Waals surface area contributed by atoms with Gasteiger partial charge in [0.15, 0.2) is 5.13 Å². The normalized spacial score (nSPS) is 10.5. The third-order valence-corrected chi connectivity index (χ3v) is 4.52. The molecule has 2 N–H and O–H groups in total. The van der Waals surface area contributed by atoms with Crippen molar-refractivity contribution in [2.75, 3.05) is 10.6 Å². The zero-order valence-electron chi connectivity index (χ0n) is 13.8. The lowest BCUT2D eigenvalue weighted by atomic mass is 10.1. The summed E-state index contributed by atoms with van der Waals surface area (Å²) in [6.07, 6.45) is 0.517. The standard InChI is InChI=1S/C18H12F3N3O2S/c1-9-16(15-13(20)6-11(19)7-14(15)21)23-18(27-9)24-17(26)10-2-4-12(5-3-10)22-8-25/h2-8H,1H3,(H,22,25)(H,23,24,26). The summed E-state index contributed by atoms with van der Waals surface area (Å²) in [4.78, 5) is 27.2. The van der Waals surface area contributed by atoms with Crippen LogP contribution in [0, 0.1) is 24.4 Å². The first-order valence-corrected chi connectivity index (χ1v) is 8.44. The van der Waals surface area contributed by atoms with Gasteiger partial charge in [0.05, 0.1) is 11.3 Å². The van der Waals surface area contributed by atoms with Crippen LogP contribution in [0.1, 0.15) is 15.2 Å². The van der Waals surface area contributed by atoms with Crippen molar-refractivity contribution in [3.8, 4) is 11.3 Å². The second kappa shape index (κ2) is 7.58. The highest BCUT2D eigenvalue weighted by Gasteiger charge is 2.20. The van der Waals surface area contributed by atoms with Gasteiger partial charge < -0.3 is 5.32 Å². The van der Waals surface area contributed by atoms with E-state index >= 15 is 0 Å². The summed E-state index contributed by atoms with van der Waals surface area (Å²) >= 11 is 1.04. The van der Waals surface area contributed by atoms with E-state index in [1.165, 1.54) is 12.1 Å². The molecular weight excluding hydrogens is 379 g/mol. The van der Waals surface area contributed by atoms with Gasteiger partial charge in [-0.15, -0.1) is 11.3 Å². The van der Waals surface area contributed by atoms with Gasteiger partial charge in [-0.3, -0.25) is 14.9 Å². The average molecular weight is 391 g/mol. The fraction of sp³-hybridized carbons (Fsp3) is 0.0556. The number of nitrogens with zero attached hydrogens (tertiary/aromatic N) is 1. The Hall–Kier alpha value is -3.20. The van der Waals surface area contributed by atoms with E-state index in [9.17, 15) is 22.8 Å². The number of anilines is 2. The summed E-state index contributed by atoms with van der Waals surface area (Å²) < 4.78 is 41.0. The molecule has 0 aliphatic carbocycles. The lowest BCUT2D eigenvalue weighted by Gasteiger charge is -2.04. The van der Waals surface area contributed by atoms with Crippen molar-refractivity contribution < 1.29 is 22.8 Å². The van der Waals surface area contributed by atoms with Gasteiger partial charge in [0.1, 0.15) is 17.5 Å². The molecule has 3 rings (SSSR count). The molecule has 9 heteroatoms. The summed E-state index contributed by atoms with van der Waals surface area (Å²) in [5.74, 6) is -3.65. The molecule has 0 radical (unpaired) electrons. The van der Waals surface area contributed by atoms with Crippen LogP contribution >= 0.6 is 11.3 Å². The number of carbonyl (C=O) groups is 2. The van der Waals surface area contributed by atoms with E-state index in [0.717, 1.165) is 11.3 Å². The monoisotopic (exact) mass is 391 g/mol. The second-order valence-corrected chi connectivity index (χ2v) is 6.67. The van der Waals surface area contributed by atoms with Crippen molar-refractivity contribution in [1.82, 2.24) is 4.98 Å². The molecule has 0 atom stereocenters. The SMILES string of the molecule is Cc1sc(NC(=O)c2ccc(NC=O)cc2)nc1-c1c(F)cc(F)cc1F. The fourth-order valence-electron chi connectivity index (χ4n) is 2.41. The van der Waals surface area contributed by atoms with E-state index in [-0.39, 0.29) is 10.8 Å². The average Bonchev–Trinajstić information content (AvgIpc) is 2.95. The first-order chi connectivity index (χ1) is 12.9. The van der Waals surface area contributed by atoms with Gasteiger partial charge in [-0.05, 0) is 31.2 Å². The number of halogens is 3. The van der Waals surface area contributed by atoms with Gasteiger partial charge in [0.2, 0.25) is 6.41 Å². The number of hydrogen-bond acceptors (Lipinski definition) is 4.